The molecule has 0 aromatic heterocycles. The van der Waals surface area contributed by atoms with E-state index in [9.17, 15) is 8.78 Å². The molecule has 5 atom stereocenters. The van der Waals surface area contributed by atoms with Gasteiger partial charge in [-0.25, -0.2) is 8.78 Å². The quantitative estimate of drug-likeness (QED) is 0.734. The normalized spacial score (nSPS) is 48.4. The Hall–Kier alpha value is -0.590. The number of thioether (sulfide) groups is 1. The molecule has 0 spiro atoms. The summed E-state index contributed by atoms with van der Waals surface area (Å²) in [5, 5.41) is 3.91. The summed E-state index contributed by atoms with van der Waals surface area (Å²) in [5.41, 5.74) is 6.98. The summed E-state index contributed by atoms with van der Waals surface area (Å²) in [6.07, 6.45) is 6.19. The molecule has 18 heavy (non-hydrogen) atoms. The van der Waals surface area contributed by atoms with E-state index in [1.165, 1.54) is 5.57 Å². The van der Waals surface area contributed by atoms with E-state index < -0.39 is 17.8 Å². The predicted octanol–water partition coefficient (Wildman–Crippen LogP) is 0.953. The molecule has 3 heterocycles. The maximum Gasteiger partial charge on any atom is 0.257 e. The maximum absolute atomic E-state index is 13.1. The highest BCUT2D eigenvalue weighted by Crippen LogP contribution is 2.59. The van der Waals surface area contributed by atoms with Gasteiger partial charge in [0.25, 0.3) is 5.92 Å². The summed E-state index contributed by atoms with van der Waals surface area (Å²) in [4.78, 5) is 2.09. The number of halogens is 2. The van der Waals surface area contributed by atoms with Gasteiger partial charge >= 0.3 is 0 Å². The van der Waals surface area contributed by atoms with Gasteiger partial charge in [-0.05, 0) is 11.6 Å². The lowest BCUT2D eigenvalue weighted by Crippen LogP contribution is -2.44. The summed E-state index contributed by atoms with van der Waals surface area (Å²) in [7, 11) is 0. The number of likely N-dealkylation sites (tertiary alicyclic amines) is 1. The van der Waals surface area contributed by atoms with Crippen LogP contribution in [0.3, 0.4) is 0 Å². The Morgan fingerprint density at radius 3 is 2.56 bits per heavy atom. The Balaban J connectivity index is 1.37. The van der Waals surface area contributed by atoms with E-state index in [-0.39, 0.29) is 11.5 Å². The largest absolute Gasteiger partial charge is 0.372 e. The molecule has 1 aliphatic carbocycles. The van der Waals surface area contributed by atoms with E-state index in [1.54, 1.807) is 11.8 Å². The van der Waals surface area contributed by atoms with Gasteiger partial charge in [0.2, 0.25) is 0 Å². The zero-order chi connectivity index (χ0) is 12.5. The van der Waals surface area contributed by atoms with Crippen LogP contribution in [0, 0.1) is 11.8 Å². The molecule has 3 N–H and O–H groups in total. The molecule has 3 nitrogen and oxygen atoms in total. The molecule has 0 aromatic rings. The molecule has 0 bridgehead atoms. The van der Waals surface area contributed by atoms with E-state index in [4.69, 9.17) is 5.73 Å². The molecule has 3 fully saturated rings. The third-order valence-corrected chi connectivity index (χ3v) is 5.50. The third-order valence-electron chi connectivity index (χ3n) is 4.37. The number of dihydropyridines is 1. The molecule has 4 rings (SSSR count). The lowest BCUT2D eigenvalue weighted by Gasteiger charge is -2.29. The maximum atomic E-state index is 13.1. The number of nitrogens with one attached hydrogen (secondary N) is 1. The van der Waals surface area contributed by atoms with Crippen molar-refractivity contribution >= 4 is 11.8 Å². The molecular formula is C12H15F2N3S. The molecule has 6 heteroatoms. The summed E-state index contributed by atoms with van der Waals surface area (Å²) < 4.78 is 26.2. The first-order chi connectivity index (χ1) is 8.57. The second kappa shape index (κ2) is 3.49. The van der Waals surface area contributed by atoms with Crippen molar-refractivity contribution in [2.45, 2.75) is 22.7 Å². The number of piperidine rings is 1. The summed E-state index contributed by atoms with van der Waals surface area (Å²) in [6, 6.07) is 0. The average Bonchev–Trinajstić information content (AvgIpc) is 3.08. The zero-order valence-electron chi connectivity index (χ0n) is 9.72. The highest BCUT2D eigenvalue weighted by atomic mass is 32.2. The van der Waals surface area contributed by atoms with Gasteiger partial charge < -0.3 is 11.1 Å². The van der Waals surface area contributed by atoms with Gasteiger partial charge in [0.15, 0.2) is 0 Å². The fourth-order valence-corrected chi connectivity index (χ4v) is 3.76. The fourth-order valence-electron chi connectivity index (χ4n) is 3.05. The second-order valence-corrected chi connectivity index (χ2v) is 6.80. The summed E-state index contributed by atoms with van der Waals surface area (Å²) >= 11 is 1.74. The number of hydrogen-bond acceptors (Lipinski definition) is 4. The highest BCUT2D eigenvalue weighted by molar-refractivity contribution is 8.07. The first-order valence-electron chi connectivity index (χ1n) is 6.24. The van der Waals surface area contributed by atoms with Crippen molar-refractivity contribution in [3.8, 4) is 0 Å². The van der Waals surface area contributed by atoms with Crippen molar-refractivity contribution in [1.82, 2.24) is 10.2 Å². The smallest absolute Gasteiger partial charge is 0.257 e. The summed E-state index contributed by atoms with van der Waals surface area (Å²) in [6.45, 7) is 1.00. The van der Waals surface area contributed by atoms with Crippen LogP contribution in [0.2, 0.25) is 0 Å². The van der Waals surface area contributed by atoms with Crippen LogP contribution in [0.25, 0.3) is 0 Å². The topological polar surface area (TPSA) is 41.3 Å². The number of allylic oxidation sites excluding steroid dienone is 1. The number of fused-ring (bicyclic) bond motifs is 1. The lowest BCUT2D eigenvalue weighted by atomic mass is 10.1. The third kappa shape index (κ3) is 1.55. The van der Waals surface area contributed by atoms with E-state index in [0.717, 1.165) is 0 Å². The predicted molar refractivity (Wildman–Crippen MR) is 67.0 cm³/mol. The van der Waals surface area contributed by atoms with Gasteiger partial charge in [0, 0.05) is 31.1 Å². The SMILES string of the molecule is NC1S[C@@H]1C1=CNC(N2CC3C(C2)C3(F)F)C=C1. The van der Waals surface area contributed by atoms with E-state index in [1.807, 2.05) is 6.20 Å². The van der Waals surface area contributed by atoms with Gasteiger partial charge in [-0.2, -0.15) is 0 Å². The number of hydrogen-bond donors (Lipinski definition) is 2. The Morgan fingerprint density at radius 1 is 1.39 bits per heavy atom. The zero-order valence-corrected chi connectivity index (χ0v) is 10.5. The van der Waals surface area contributed by atoms with Crippen molar-refractivity contribution in [1.29, 1.82) is 0 Å². The van der Waals surface area contributed by atoms with Crippen LogP contribution in [0.5, 0.6) is 0 Å². The minimum atomic E-state index is -2.40. The number of rotatable bonds is 2. The molecule has 98 valence electrons. The van der Waals surface area contributed by atoms with Crippen LogP contribution in [0.15, 0.2) is 23.9 Å². The van der Waals surface area contributed by atoms with Gasteiger partial charge in [0.05, 0.1) is 16.8 Å². The molecule has 0 radical (unpaired) electrons. The number of nitrogens with zero attached hydrogens (tertiary/aromatic N) is 1. The molecule has 2 saturated heterocycles. The molecule has 1 saturated carbocycles. The van der Waals surface area contributed by atoms with Crippen molar-refractivity contribution in [3.05, 3.63) is 23.9 Å². The van der Waals surface area contributed by atoms with Gasteiger partial charge in [-0.1, -0.05) is 6.08 Å². The number of alkyl halides is 2. The second-order valence-electron chi connectivity index (χ2n) is 5.48. The highest BCUT2D eigenvalue weighted by Gasteiger charge is 2.71. The molecule has 3 aliphatic heterocycles. The van der Waals surface area contributed by atoms with Crippen LogP contribution in [0.4, 0.5) is 8.78 Å². The van der Waals surface area contributed by atoms with E-state index in [2.05, 4.69) is 22.4 Å². The Bertz CT molecular complexity index is 437. The molecular weight excluding hydrogens is 256 g/mol. The van der Waals surface area contributed by atoms with Crippen molar-refractivity contribution in [3.63, 3.8) is 0 Å². The van der Waals surface area contributed by atoms with Gasteiger partial charge in [-0.15, -0.1) is 11.8 Å². The fraction of sp³-hybridized carbons (Fsp3) is 0.667. The standard InChI is InChI=1S/C12H15F2N3S/c13-12(14)7-4-17(5-8(7)12)9-2-1-6(3-16-9)10-11(15)18-10/h1-3,7-11,16H,4-5,15H2/t7?,8?,9?,10-,11?/m1/s1. The Kier molecular flexibility index (Phi) is 2.18. The minimum Gasteiger partial charge on any atom is -0.372 e. The Morgan fingerprint density at radius 2 is 2.06 bits per heavy atom. The van der Waals surface area contributed by atoms with Crippen molar-refractivity contribution in [2.75, 3.05) is 13.1 Å². The van der Waals surface area contributed by atoms with Gasteiger partial charge in [0.1, 0.15) is 0 Å². The molecule has 4 unspecified atom stereocenters. The van der Waals surface area contributed by atoms with Crippen LogP contribution in [0.1, 0.15) is 0 Å². The van der Waals surface area contributed by atoms with Crippen LogP contribution in [-0.2, 0) is 0 Å². The molecule has 0 amide bonds. The summed E-state index contributed by atoms with van der Waals surface area (Å²) in [5.74, 6) is -3.22. The number of nitrogens with two attached hydrogens (primary N) is 1. The minimum absolute atomic E-state index is 0.0670. The van der Waals surface area contributed by atoms with Crippen molar-refractivity contribution in [2.24, 2.45) is 17.6 Å². The van der Waals surface area contributed by atoms with E-state index >= 15 is 0 Å². The van der Waals surface area contributed by atoms with E-state index in [0.29, 0.717) is 18.3 Å². The van der Waals surface area contributed by atoms with Crippen LogP contribution < -0.4 is 11.1 Å². The monoisotopic (exact) mass is 271 g/mol. The first kappa shape index (κ1) is 11.3. The molecule has 0 aromatic carbocycles. The van der Waals surface area contributed by atoms with Crippen LogP contribution in [-0.4, -0.2) is 40.7 Å². The Labute approximate surface area is 108 Å². The molecule has 4 aliphatic rings. The van der Waals surface area contributed by atoms with Crippen molar-refractivity contribution < 1.29 is 8.78 Å². The van der Waals surface area contributed by atoms with Crippen LogP contribution >= 0.6 is 11.8 Å². The van der Waals surface area contributed by atoms with Gasteiger partial charge in [-0.3, -0.25) is 4.90 Å². The average molecular weight is 271 g/mol. The first-order valence-corrected chi connectivity index (χ1v) is 7.19. The lowest BCUT2D eigenvalue weighted by molar-refractivity contribution is 0.0461.